The van der Waals surface area contributed by atoms with Gasteiger partial charge in [0.05, 0.1) is 17.6 Å². The third-order valence-corrected chi connectivity index (χ3v) is 3.75. The minimum absolute atomic E-state index is 0.0531. The van der Waals surface area contributed by atoms with Crippen molar-refractivity contribution in [1.29, 1.82) is 0 Å². The fraction of sp³-hybridized carbons (Fsp3) is 0.500. The van der Waals surface area contributed by atoms with Crippen molar-refractivity contribution in [3.63, 3.8) is 0 Å². The summed E-state index contributed by atoms with van der Waals surface area (Å²) in [6, 6.07) is 3.28. The number of ether oxygens (including phenoxy) is 1. The number of benzene rings is 1. The van der Waals surface area contributed by atoms with Crippen LogP contribution < -0.4 is 10.1 Å². The minimum atomic E-state index is -0.265. The van der Waals surface area contributed by atoms with Crippen LogP contribution in [0.25, 0.3) is 0 Å². The van der Waals surface area contributed by atoms with E-state index in [1.165, 1.54) is 7.11 Å². The summed E-state index contributed by atoms with van der Waals surface area (Å²) in [5.41, 5.74) is 0.922. The molecule has 5 nitrogen and oxygen atoms in total. The number of hydrogen-bond donors (Lipinski definition) is 2. The third-order valence-electron chi connectivity index (χ3n) is 3.14. The van der Waals surface area contributed by atoms with Crippen LogP contribution in [0.5, 0.6) is 11.5 Å². The van der Waals surface area contributed by atoms with Gasteiger partial charge in [0.25, 0.3) is 0 Å². The number of likely N-dealkylation sites (N-methyl/N-ethyl adjacent to an activating group) is 1. The fourth-order valence-corrected chi connectivity index (χ4v) is 2.22. The molecule has 1 atom stereocenters. The Hall–Kier alpha value is -1.27. The first kappa shape index (κ1) is 16.8. The lowest BCUT2D eigenvalue weighted by Crippen LogP contribution is -2.42. The molecule has 1 amide bonds. The number of amides is 1. The molecule has 1 unspecified atom stereocenters. The fourth-order valence-electron chi connectivity index (χ4n) is 1.73. The van der Waals surface area contributed by atoms with E-state index in [2.05, 4.69) is 21.2 Å². The summed E-state index contributed by atoms with van der Waals surface area (Å²) in [5, 5.41) is 12.9. The quantitative estimate of drug-likeness (QED) is 0.829. The predicted molar refractivity (Wildman–Crippen MR) is 82.0 cm³/mol. The number of nitrogens with one attached hydrogen (secondary N) is 1. The van der Waals surface area contributed by atoms with Gasteiger partial charge in [0.15, 0.2) is 11.5 Å². The molecule has 0 saturated heterocycles. The van der Waals surface area contributed by atoms with Gasteiger partial charge in [-0.05, 0) is 47.5 Å². The summed E-state index contributed by atoms with van der Waals surface area (Å²) in [6.45, 7) is 4.97. The van der Waals surface area contributed by atoms with E-state index in [0.29, 0.717) is 23.3 Å². The van der Waals surface area contributed by atoms with Crippen LogP contribution in [0.3, 0.4) is 0 Å². The van der Waals surface area contributed by atoms with Crippen molar-refractivity contribution in [1.82, 2.24) is 10.2 Å². The zero-order valence-corrected chi connectivity index (χ0v) is 13.8. The van der Waals surface area contributed by atoms with Gasteiger partial charge in [-0.25, -0.2) is 0 Å². The Bertz CT molecular complexity index is 480. The number of rotatable bonds is 6. The lowest BCUT2D eigenvalue weighted by atomic mass is 10.2. The van der Waals surface area contributed by atoms with E-state index >= 15 is 0 Å². The molecule has 0 bridgehead atoms. The highest BCUT2D eigenvalue weighted by Crippen LogP contribution is 2.35. The van der Waals surface area contributed by atoms with Crippen LogP contribution in [-0.4, -0.2) is 42.7 Å². The predicted octanol–water partition coefficient (Wildman–Crippen LogP) is 2.12. The number of carbonyl (C=O) groups excluding carboxylic acids is 1. The van der Waals surface area contributed by atoms with E-state index in [-0.39, 0.29) is 17.7 Å². The monoisotopic (exact) mass is 344 g/mol. The lowest BCUT2D eigenvalue weighted by Gasteiger charge is -2.20. The van der Waals surface area contributed by atoms with Gasteiger partial charge in [-0.3, -0.25) is 4.79 Å². The van der Waals surface area contributed by atoms with Gasteiger partial charge in [-0.2, -0.15) is 0 Å². The molecule has 0 aliphatic rings. The molecular weight excluding hydrogens is 324 g/mol. The maximum Gasteiger partial charge on any atom is 0.239 e. The second-order valence-corrected chi connectivity index (χ2v) is 5.44. The number of aromatic hydroxyl groups is 1. The molecule has 2 N–H and O–H groups in total. The zero-order chi connectivity index (χ0) is 15.3. The Kier molecular flexibility index (Phi) is 6.29. The molecule has 0 heterocycles. The van der Waals surface area contributed by atoms with Crippen LogP contribution in [0.2, 0.25) is 0 Å². The summed E-state index contributed by atoms with van der Waals surface area (Å²) < 4.78 is 5.66. The lowest BCUT2D eigenvalue weighted by molar-refractivity contribution is -0.131. The van der Waals surface area contributed by atoms with Crippen molar-refractivity contribution in [2.45, 2.75) is 26.4 Å². The molecule has 0 saturated carbocycles. The van der Waals surface area contributed by atoms with Crippen molar-refractivity contribution in [2.24, 2.45) is 0 Å². The molecular formula is C14H21BrN2O3. The first-order valence-corrected chi connectivity index (χ1v) is 7.23. The Morgan fingerprint density at radius 2 is 2.20 bits per heavy atom. The molecule has 1 aromatic rings. The van der Waals surface area contributed by atoms with Crippen LogP contribution >= 0.6 is 15.9 Å². The molecule has 0 spiro atoms. The third kappa shape index (κ3) is 4.11. The highest BCUT2D eigenvalue weighted by atomic mass is 79.9. The van der Waals surface area contributed by atoms with E-state index in [4.69, 9.17) is 4.74 Å². The maximum absolute atomic E-state index is 11.9. The van der Waals surface area contributed by atoms with Gasteiger partial charge in [-0.1, -0.05) is 0 Å². The standard InChI is InChI=1S/C14H21BrN2O3/c1-5-17(3)14(19)9(2)16-8-10-6-11(15)13(18)12(7-10)20-4/h6-7,9,16,18H,5,8H2,1-4H3. The van der Waals surface area contributed by atoms with Crippen molar-refractivity contribution in [3.8, 4) is 11.5 Å². The largest absolute Gasteiger partial charge is 0.503 e. The Balaban J connectivity index is 2.71. The van der Waals surface area contributed by atoms with E-state index < -0.39 is 0 Å². The number of halogens is 1. The average Bonchev–Trinajstić information content (AvgIpc) is 2.46. The second kappa shape index (κ2) is 7.50. The highest BCUT2D eigenvalue weighted by molar-refractivity contribution is 9.10. The molecule has 0 aliphatic carbocycles. The van der Waals surface area contributed by atoms with Crippen LogP contribution in [0.4, 0.5) is 0 Å². The van der Waals surface area contributed by atoms with E-state index in [1.807, 2.05) is 13.8 Å². The molecule has 1 rings (SSSR count). The maximum atomic E-state index is 11.9. The number of phenolic OH excluding ortho intramolecular Hbond substituents is 1. The summed E-state index contributed by atoms with van der Waals surface area (Å²) >= 11 is 3.28. The van der Waals surface area contributed by atoms with Crippen molar-refractivity contribution in [2.75, 3.05) is 20.7 Å². The second-order valence-electron chi connectivity index (χ2n) is 4.58. The van der Waals surface area contributed by atoms with E-state index in [1.54, 1.807) is 24.1 Å². The average molecular weight is 345 g/mol. The number of carbonyl (C=O) groups is 1. The molecule has 0 fully saturated rings. The smallest absolute Gasteiger partial charge is 0.239 e. The summed E-state index contributed by atoms with van der Waals surface area (Å²) in [4.78, 5) is 13.6. The summed E-state index contributed by atoms with van der Waals surface area (Å²) in [6.07, 6.45) is 0. The number of methoxy groups -OCH3 is 1. The van der Waals surface area contributed by atoms with Gasteiger partial charge < -0.3 is 20.1 Å². The Morgan fingerprint density at radius 3 is 2.75 bits per heavy atom. The molecule has 0 aromatic heterocycles. The van der Waals surface area contributed by atoms with Gasteiger partial charge in [-0.15, -0.1) is 0 Å². The first-order chi connectivity index (χ1) is 9.40. The van der Waals surface area contributed by atoms with Crippen molar-refractivity contribution in [3.05, 3.63) is 22.2 Å². The van der Waals surface area contributed by atoms with E-state index in [0.717, 1.165) is 5.56 Å². The van der Waals surface area contributed by atoms with Crippen molar-refractivity contribution >= 4 is 21.8 Å². The minimum Gasteiger partial charge on any atom is -0.503 e. The van der Waals surface area contributed by atoms with Gasteiger partial charge >= 0.3 is 0 Å². The van der Waals surface area contributed by atoms with Crippen LogP contribution in [0.15, 0.2) is 16.6 Å². The van der Waals surface area contributed by atoms with Gasteiger partial charge in [0, 0.05) is 20.1 Å². The molecule has 1 aromatic carbocycles. The first-order valence-electron chi connectivity index (χ1n) is 6.44. The van der Waals surface area contributed by atoms with Crippen molar-refractivity contribution < 1.29 is 14.6 Å². The Labute approximate surface area is 128 Å². The number of nitrogens with zero attached hydrogens (tertiary/aromatic N) is 1. The Morgan fingerprint density at radius 1 is 1.55 bits per heavy atom. The van der Waals surface area contributed by atoms with Gasteiger partial charge in [0.1, 0.15) is 0 Å². The topological polar surface area (TPSA) is 61.8 Å². The van der Waals surface area contributed by atoms with Crippen LogP contribution in [0.1, 0.15) is 19.4 Å². The molecule has 112 valence electrons. The normalized spacial score (nSPS) is 12.1. The highest BCUT2D eigenvalue weighted by Gasteiger charge is 2.16. The van der Waals surface area contributed by atoms with E-state index in [9.17, 15) is 9.90 Å². The number of hydrogen-bond acceptors (Lipinski definition) is 4. The zero-order valence-electron chi connectivity index (χ0n) is 12.2. The summed E-state index contributed by atoms with van der Waals surface area (Å²) in [5.74, 6) is 0.532. The van der Waals surface area contributed by atoms with Crippen LogP contribution in [-0.2, 0) is 11.3 Å². The number of phenols is 1. The molecule has 20 heavy (non-hydrogen) atoms. The molecule has 0 radical (unpaired) electrons. The van der Waals surface area contributed by atoms with Gasteiger partial charge in [0.2, 0.25) is 5.91 Å². The van der Waals surface area contributed by atoms with Crippen LogP contribution in [0, 0.1) is 0 Å². The molecule has 0 aliphatic heterocycles. The molecule has 6 heteroatoms. The SMILES string of the molecule is CCN(C)C(=O)C(C)NCc1cc(Br)c(O)c(OC)c1. The summed E-state index contributed by atoms with van der Waals surface area (Å²) in [7, 11) is 3.28.